The Morgan fingerprint density at radius 2 is 1.56 bits per heavy atom. The minimum Gasteiger partial charge on any atom is -0.456 e. The van der Waals surface area contributed by atoms with Gasteiger partial charge in [-0.15, -0.1) is 0 Å². The number of hydrogen-bond acceptors (Lipinski definition) is 4. The third kappa shape index (κ3) is 4.00. The lowest BCUT2D eigenvalue weighted by Gasteiger charge is -2.19. The molecule has 0 aliphatic carbocycles. The van der Waals surface area contributed by atoms with E-state index in [0.717, 1.165) is 38.6 Å². The summed E-state index contributed by atoms with van der Waals surface area (Å²) in [5.41, 5.74) is 7.26. The van der Waals surface area contributed by atoms with Gasteiger partial charge in [0.05, 0.1) is 10.9 Å². The highest BCUT2D eigenvalue weighted by Crippen LogP contribution is 2.27. The van der Waals surface area contributed by atoms with Crippen molar-refractivity contribution in [3.63, 3.8) is 0 Å². The van der Waals surface area contributed by atoms with E-state index in [1.165, 1.54) is 5.56 Å². The SMILES string of the molecule is CC(C)(C)c1ccc(-c2cc(=NNc3ccc4ccccc4n3)c3ccccc3o2)cc1. The summed E-state index contributed by atoms with van der Waals surface area (Å²) < 4.78 is 6.22. The molecule has 4 heteroatoms. The molecule has 0 saturated heterocycles. The zero-order chi connectivity index (χ0) is 22.1. The van der Waals surface area contributed by atoms with Crippen molar-refractivity contribution in [3.8, 4) is 11.3 Å². The van der Waals surface area contributed by atoms with Crippen LogP contribution in [0.3, 0.4) is 0 Å². The Morgan fingerprint density at radius 3 is 2.38 bits per heavy atom. The van der Waals surface area contributed by atoms with E-state index < -0.39 is 0 Å². The standard InChI is InChI=1S/C28H25N3O/c1-28(2,3)21-15-12-20(13-16-21)26-18-24(22-9-5-7-11-25(22)32-26)30-31-27-17-14-19-8-4-6-10-23(19)29-27/h4-18H,1-3H3,(H,29,31). The van der Waals surface area contributed by atoms with Crippen molar-refractivity contribution in [1.29, 1.82) is 0 Å². The molecule has 5 aromatic rings. The predicted molar refractivity (Wildman–Crippen MR) is 131 cm³/mol. The summed E-state index contributed by atoms with van der Waals surface area (Å²) >= 11 is 0. The molecule has 0 bridgehead atoms. The molecule has 0 fully saturated rings. The van der Waals surface area contributed by atoms with Crippen molar-refractivity contribution in [2.24, 2.45) is 5.10 Å². The molecule has 158 valence electrons. The van der Waals surface area contributed by atoms with Gasteiger partial charge in [0.1, 0.15) is 17.2 Å². The molecule has 0 aliphatic heterocycles. The van der Waals surface area contributed by atoms with Crippen molar-refractivity contribution in [2.75, 3.05) is 5.43 Å². The molecule has 2 aromatic heterocycles. The first-order valence-corrected chi connectivity index (χ1v) is 10.8. The fourth-order valence-electron chi connectivity index (χ4n) is 3.73. The van der Waals surface area contributed by atoms with Gasteiger partial charge in [-0.2, -0.15) is 5.10 Å². The van der Waals surface area contributed by atoms with Crippen LogP contribution in [-0.2, 0) is 5.41 Å². The van der Waals surface area contributed by atoms with Crippen molar-refractivity contribution in [3.05, 3.63) is 102 Å². The highest BCUT2D eigenvalue weighted by molar-refractivity contribution is 5.80. The summed E-state index contributed by atoms with van der Waals surface area (Å²) in [7, 11) is 0. The molecule has 0 spiro atoms. The van der Waals surface area contributed by atoms with Gasteiger partial charge in [-0.1, -0.05) is 75.4 Å². The van der Waals surface area contributed by atoms with Crippen molar-refractivity contribution < 1.29 is 4.42 Å². The fraction of sp³-hybridized carbons (Fsp3) is 0.143. The molecule has 0 amide bonds. The molecule has 2 heterocycles. The van der Waals surface area contributed by atoms with Crippen LogP contribution in [-0.4, -0.2) is 4.98 Å². The van der Waals surface area contributed by atoms with E-state index in [0.29, 0.717) is 5.82 Å². The third-order valence-electron chi connectivity index (χ3n) is 5.58. The van der Waals surface area contributed by atoms with E-state index in [2.05, 4.69) is 60.5 Å². The van der Waals surface area contributed by atoms with Crippen molar-refractivity contribution in [2.45, 2.75) is 26.2 Å². The maximum atomic E-state index is 6.22. The Morgan fingerprint density at radius 1 is 0.812 bits per heavy atom. The summed E-state index contributed by atoms with van der Waals surface area (Å²) in [4.78, 5) is 4.66. The summed E-state index contributed by atoms with van der Waals surface area (Å²) in [5, 5.41) is 7.53. The second-order valence-electron chi connectivity index (χ2n) is 8.93. The highest BCUT2D eigenvalue weighted by atomic mass is 16.3. The van der Waals surface area contributed by atoms with E-state index >= 15 is 0 Å². The van der Waals surface area contributed by atoms with Gasteiger partial charge < -0.3 is 4.42 Å². The lowest BCUT2D eigenvalue weighted by molar-refractivity contribution is 0.589. The fourth-order valence-corrected chi connectivity index (χ4v) is 3.73. The van der Waals surface area contributed by atoms with E-state index in [1.54, 1.807) is 0 Å². The number of nitrogens with zero attached hydrogens (tertiary/aromatic N) is 2. The second-order valence-corrected chi connectivity index (χ2v) is 8.93. The maximum Gasteiger partial charge on any atom is 0.146 e. The van der Waals surface area contributed by atoms with Crippen LogP contribution >= 0.6 is 0 Å². The number of rotatable bonds is 3. The van der Waals surface area contributed by atoms with Crippen LogP contribution < -0.4 is 10.8 Å². The van der Waals surface area contributed by atoms with Gasteiger partial charge in [-0.05, 0) is 41.3 Å². The van der Waals surface area contributed by atoms with Crippen LogP contribution in [0.25, 0.3) is 33.2 Å². The molecule has 0 unspecified atom stereocenters. The Labute approximate surface area is 187 Å². The van der Waals surface area contributed by atoms with E-state index in [1.807, 2.05) is 66.7 Å². The van der Waals surface area contributed by atoms with Crippen LogP contribution in [0.1, 0.15) is 26.3 Å². The van der Waals surface area contributed by atoms with Gasteiger partial charge in [-0.3, -0.25) is 5.43 Å². The van der Waals surface area contributed by atoms with Crippen molar-refractivity contribution >= 4 is 27.7 Å². The maximum absolute atomic E-state index is 6.22. The first kappa shape index (κ1) is 20.0. The average Bonchev–Trinajstić information content (AvgIpc) is 2.82. The van der Waals surface area contributed by atoms with Gasteiger partial charge >= 0.3 is 0 Å². The van der Waals surface area contributed by atoms with Gasteiger partial charge in [0, 0.05) is 22.4 Å². The molecular formula is C28H25N3O. The summed E-state index contributed by atoms with van der Waals surface area (Å²) in [5.74, 6) is 1.47. The van der Waals surface area contributed by atoms with Crippen LogP contribution in [0.2, 0.25) is 0 Å². The summed E-state index contributed by atoms with van der Waals surface area (Å²) in [6, 6.07) is 30.5. The molecule has 0 atom stereocenters. The number of fused-ring (bicyclic) bond motifs is 2. The molecule has 1 N–H and O–H groups in total. The van der Waals surface area contributed by atoms with Crippen LogP contribution in [0, 0.1) is 0 Å². The van der Waals surface area contributed by atoms with Crippen LogP contribution in [0.4, 0.5) is 5.82 Å². The minimum absolute atomic E-state index is 0.107. The highest BCUT2D eigenvalue weighted by Gasteiger charge is 2.14. The van der Waals surface area contributed by atoms with E-state index in [9.17, 15) is 0 Å². The van der Waals surface area contributed by atoms with Crippen LogP contribution in [0.15, 0.2) is 101 Å². The first-order valence-electron chi connectivity index (χ1n) is 10.8. The molecule has 4 nitrogen and oxygen atoms in total. The molecule has 32 heavy (non-hydrogen) atoms. The zero-order valence-electron chi connectivity index (χ0n) is 18.5. The van der Waals surface area contributed by atoms with E-state index in [-0.39, 0.29) is 5.41 Å². The Hall–Kier alpha value is -3.92. The lowest BCUT2D eigenvalue weighted by atomic mass is 9.86. The number of pyridine rings is 1. The monoisotopic (exact) mass is 419 g/mol. The van der Waals surface area contributed by atoms with Gasteiger partial charge in [0.15, 0.2) is 0 Å². The van der Waals surface area contributed by atoms with E-state index in [4.69, 9.17) is 4.42 Å². The smallest absolute Gasteiger partial charge is 0.146 e. The Bertz CT molecular complexity index is 1480. The molecular weight excluding hydrogens is 394 g/mol. The number of benzene rings is 3. The molecule has 3 aromatic carbocycles. The lowest BCUT2D eigenvalue weighted by Crippen LogP contribution is -2.10. The third-order valence-corrected chi connectivity index (χ3v) is 5.58. The molecule has 5 rings (SSSR count). The number of anilines is 1. The number of aromatic nitrogens is 1. The summed E-state index contributed by atoms with van der Waals surface area (Å²) in [6.45, 7) is 6.64. The molecule has 0 radical (unpaired) electrons. The van der Waals surface area contributed by atoms with Crippen molar-refractivity contribution in [1.82, 2.24) is 4.98 Å². The van der Waals surface area contributed by atoms with Crippen LogP contribution in [0.5, 0.6) is 0 Å². The Balaban J connectivity index is 1.57. The average molecular weight is 420 g/mol. The van der Waals surface area contributed by atoms with Gasteiger partial charge in [0.2, 0.25) is 0 Å². The predicted octanol–water partition coefficient (Wildman–Crippen LogP) is 6.87. The topological polar surface area (TPSA) is 50.4 Å². The quantitative estimate of drug-likeness (QED) is 0.325. The second kappa shape index (κ2) is 7.97. The zero-order valence-corrected chi connectivity index (χ0v) is 18.5. The normalized spacial score (nSPS) is 12.4. The Kier molecular flexibility index (Phi) is 4.98. The molecule has 0 aliphatic rings. The largest absolute Gasteiger partial charge is 0.456 e. The van der Waals surface area contributed by atoms with Gasteiger partial charge in [0.25, 0.3) is 0 Å². The van der Waals surface area contributed by atoms with Gasteiger partial charge in [-0.25, -0.2) is 4.98 Å². The molecule has 0 saturated carbocycles. The number of para-hydroxylation sites is 2. The first-order chi connectivity index (χ1) is 15.5. The number of hydrogen-bond donors (Lipinski definition) is 1. The minimum atomic E-state index is 0.107. The summed E-state index contributed by atoms with van der Waals surface area (Å²) in [6.07, 6.45) is 0. The number of nitrogens with one attached hydrogen (secondary N) is 1.